The van der Waals surface area contributed by atoms with Gasteiger partial charge in [0, 0.05) is 5.69 Å². The van der Waals surface area contributed by atoms with Crippen LogP contribution in [0.5, 0.6) is 0 Å². The molecule has 0 aliphatic rings. The first-order chi connectivity index (χ1) is 9.16. The summed E-state index contributed by atoms with van der Waals surface area (Å²) in [6.45, 7) is 3.68. The fourth-order valence-electron chi connectivity index (χ4n) is 1.54. The molecular formula is C14H15N3O2. The van der Waals surface area contributed by atoms with E-state index in [1.54, 1.807) is 25.3 Å². The minimum absolute atomic E-state index is 0.389. The number of furan rings is 1. The number of amides is 2. The van der Waals surface area contributed by atoms with Crippen LogP contribution >= 0.6 is 0 Å². The second-order valence-corrected chi connectivity index (χ2v) is 4.06. The van der Waals surface area contributed by atoms with Crippen LogP contribution in [-0.2, 0) is 0 Å². The molecule has 2 aromatic rings. The molecule has 0 saturated carbocycles. The number of hydrogen-bond donors (Lipinski definition) is 2. The molecule has 2 N–H and O–H groups in total. The van der Waals surface area contributed by atoms with Gasteiger partial charge in [0.05, 0.1) is 6.26 Å². The molecular weight excluding hydrogens is 242 g/mol. The van der Waals surface area contributed by atoms with Gasteiger partial charge in [0.2, 0.25) is 0 Å². The first kappa shape index (κ1) is 12.9. The van der Waals surface area contributed by atoms with Crippen molar-refractivity contribution in [3.8, 4) is 0 Å². The number of carbonyl (C=O) groups excluding carboxylic acids is 1. The minimum Gasteiger partial charge on any atom is -0.463 e. The van der Waals surface area contributed by atoms with E-state index in [9.17, 15) is 4.79 Å². The second-order valence-electron chi connectivity index (χ2n) is 4.06. The average Bonchev–Trinajstić information content (AvgIpc) is 2.93. The zero-order chi connectivity index (χ0) is 13.7. The SMILES string of the molecule is C/C(=N\NC(=O)Nc1ccccc1C)c1ccco1. The lowest BCUT2D eigenvalue weighted by atomic mass is 10.2. The molecule has 0 atom stereocenters. The van der Waals surface area contributed by atoms with E-state index in [1.807, 2.05) is 31.2 Å². The molecule has 1 aromatic carbocycles. The van der Waals surface area contributed by atoms with Gasteiger partial charge in [-0.15, -0.1) is 0 Å². The van der Waals surface area contributed by atoms with Crippen molar-refractivity contribution in [2.24, 2.45) is 5.10 Å². The maximum atomic E-state index is 11.7. The number of rotatable bonds is 3. The van der Waals surface area contributed by atoms with Gasteiger partial charge >= 0.3 is 6.03 Å². The number of hydrogen-bond acceptors (Lipinski definition) is 3. The fraction of sp³-hybridized carbons (Fsp3) is 0.143. The van der Waals surface area contributed by atoms with Crippen LogP contribution < -0.4 is 10.7 Å². The Morgan fingerprint density at radius 2 is 2.00 bits per heavy atom. The summed E-state index contributed by atoms with van der Waals surface area (Å²) in [7, 11) is 0. The van der Waals surface area contributed by atoms with Crippen molar-refractivity contribution in [1.82, 2.24) is 5.43 Å². The molecule has 0 radical (unpaired) electrons. The zero-order valence-electron chi connectivity index (χ0n) is 10.8. The molecule has 0 unspecified atom stereocenters. The van der Waals surface area contributed by atoms with E-state index in [0.29, 0.717) is 11.5 Å². The fourth-order valence-corrected chi connectivity index (χ4v) is 1.54. The summed E-state index contributed by atoms with van der Waals surface area (Å²) >= 11 is 0. The standard InChI is InChI=1S/C14H15N3O2/c1-10-6-3-4-7-12(10)15-14(18)17-16-11(2)13-8-5-9-19-13/h3-9H,1-2H3,(H2,15,17,18)/b16-11+. The highest BCUT2D eigenvalue weighted by Gasteiger charge is 2.04. The Kier molecular flexibility index (Phi) is 3.97. The summed E-state index contributed by atoms with van der Waals surface area (Å²) in [6.07, 6.45) is 1.56. The molecule has 19 heavy (non-hydrogen) atoms. The van der Waals surface area contributed by atoms with E-state index in [-0.39, 0.29) is 6.03 Å². The average molecular weight is 257 g/mol. The maximum Gasteiger partial charge on any atom is 0.339 e. The number of nitrogens with one attached hydrogen (secondary N) is 2. The Morgan fingerprint density at radius 3 is 2.68 bits per heavy atom. The molecule has 2 rings (SSSR count). The topological polar surface area (TPSA) is 66.6 Å². The minimum atomic E-state index is -0.389. The van der Waals surface area contributed by atoms with Crippen LogP contribution in [0.1, 0.15) is 18.2 Å². The summed E-state index contributed by atoms with van der Waals surface area (Å²) in [5.74, 6) is 0.621. The van der Waals surface area contributed by atoms with E-state index in [4.69, 9.17) is 4.42 Å². The molecule has 1 heterocycles. The lowest BCUT2D eigenvalue weighted by Gasteiger charge is -2.07. The lowest BCUT2D eigenvalue weighted by molar-refractivity contribution is 0.252. The second kappa shape index (κ2) is 5.86. The third-order valence-corrected chi connectivity index (χ3v) is 2.60. The van der Waals surface area contributed by atoms with Crippen LogP contribution in [0.3, 0.4) is 0 Å². The molecule has 0 fully saturated rings. The summed E-state index contributed by atoms with van der Waals surface area (Å²) in [6, 6.07) is 10.7. The third-order valence-electron chi connectivity index (χ3n) is 2.60. The monoisotopic (exact) mass is 257 g/mol. The molecule has 0 bridgehead atoms. The van der Waals surface area contributed by atoms with Gasteiger partial charge in [-0.05, 0) is 37.6 Å². The number of benzene rings is 1. The van der Waals surface area contributed by atoms with Gasteiger partial charge in [-0.1, -0.05) is 18.2 Å². The first-order valence-corrected chi connectivity index (χ1v) is 5.87. The van der Waals surface area contributed by atoms with Crippen molar-refractivity contribution in [3.63, 3.8) is 0 Å². The molecule has 98 valence electrons. The van der Waals surface area contributed by atoms with E-state index in [1.165, 1.54) is 0 Å². The van der Waals surface area contributed by atoms with Crippen molar-refractivity contribution in [1.29, 1.82) is 0 Å². The van der Waals surface area contributed by atoms with Crippen LogP contribution in [0.2, 0.25) is 0 Å². The third kappa shape index (κ3) is 3.45. The summed E-state index contributed by atoms with van der Waals surface area (Å²) < 4.78 is 5.16. The van der Waals surface area contributed by atoms with E-state index >= 15 is 0 Å². The molecule has 0 aliphatic heterocycles. The Balaban J connectivity index is 1.96. The van der Waals surface area contributed by atoms with Crippen LogP contribution in [0.15, 0.2) is 52.2 Å². The van der Waals surface area contributed by atoms with Gasteiger partial charge in [-0.3, -0.25) is 0 Å². The molecule has 0 spiro atoms. The summed E-state index contributed by atoms with van der Waals surface area (Å²) in [5, 5.41) is 6.68. The number of urea groups is 1. The number of para-hydroxylation sites is 1. The van der Waals surface area contributed by atoms with Gasteiger partial charge in [0.15, 0.2) is 0 Å². The van der Waals surface area contributed by atoms with Crippen molar-refractivity contribution in [2.75, 3.05) is 5.32 Å². The molecule has 5 nitrogen and oxygen atoms in total. The number of nitrogens with zero attached hydrogens (tertiary/aromatic N) is 1. The van der Waals surface area contributed by atoms with Crippen LogP contribution in [0.4, 0.5) is 10.5 Å². The van der Waals surface area contributed by atoms with Gasteiger partial charge in [0.25, 0.3) is 0 Å². The Bertz CT molecular complexity index is 588. The maximum absolute atomic E-state index is 11.7. The van der Waals surface area contributed by atoms with Crippen molar-refractivity contribution >= 4 is 17.4 Å². The molecule has 2 amide bonds. The predicted octanol–water partition coefficient (Wildman–Crippen LogP) is 3.13. The van der Waals surface area contributed by atoms with Crippen molar-refractivity contribution in [3.05, 3.63) is 54.0 Å². The van der Waals surface area contributed by atoms with Gasteiger partial charge < -0.3 is 9.73 Å². The highest BCUT2D eigenvalue weighted by atomic mass is 16.3. The largest absolute Gasteiger partial charge is 0.463 e. The van der Waals surface area contributed by atoms with Gasteiger partial charge in [-0.25, -0.2) is 10.2 Å². The number of hydrazone groups is 1. The predicted molar refractivity (Wildman–Crippen MR) is 74.3 cm³/mol. The highest BCUT2D eigenvalue weighted by molar-refractivity contribution is 5.97. The molecule has 5 heteroatoms. The summed E-state index contributed by atoms with van der Waals surface area (Å²) in [4.78, 5) is 11.7. The van der Waals surface area contributed by atoms with Crippen LogP contribution in [0, 0.1) is 6.92 Å². The number of aryl methyl sites for hydroxylation is 1. The van der Waals surface area contributed by atoms with Gasteiger partial charge in [-0.2, -0.15) is 5.10 Å². The first-order valence-electron chi connectivity index (χ1n) is 5.87. The molecule has 1 aromatic heterocycles. The molecule has 0 saturated heterocycles. The van der Waals surface area contributed by atoms with Crippen LogP contribution in [0.25, 0.3) is 0 Å². The van der Waals surface area contributed by atoms with E-state index in [2.05, 4.69) is 15.8 Å². The number of carbonyl (C=O) groups is 1. The van der Waals surface area contributed by atoms with Gasteiger partial charge in [0.1, 0.15) is 11.5 Å². The van der Waals surface area contributed by atoms with Crippen molar-refractivity contribution < 1.29 is 9.21 Å². The zero-order valence-corrected chi connectivity index (χ0v) is 10.8. The quantitative estimate of drug-likeness (QED) is 0.655. The smallest absolute Gasteiger partial charge is 0.339 e. The normalized spacial score (nSPS) is 11.2. The summed E-state index contributed by atoms with van der Waals surface area (Å²) in [5.41, 5.74) is 4.77. The Labute approximate surface area is 111 Å². The van der Waals surface area contributed by atoms with Crippen LogP contribution in [-0.4, -0.2) is 11.7 Å². The Morgan fingerprint density at radius 1 is 1.21 bits per heavy atom. The molecule has 0 aliphatic carbocycles. The Hall–Kier alpha value is -2.56. The number of anilines is 1. The van der Waals surface area contributed by atoms with E-state index < -0.39 is 0 Å². The highest BCUT2D eigenvalue weighted by Crippen LogP contribution is 2.12. The van der Waals surface area contributed by atoms with Crippen molar-refractivity contribution in [2.45, 2.75) is 13.8 Å². The van der Waals surface area contributed by atoms with E-state index in [0.717, 1.165) is 11.3 Å². The lowest BCUT2D eigenvalue weighted by Crippen LogP contribution is -2.25.